The van der Waals surface area contributed by atoms with Crippen LogP contribution in [0.1, 0.15) is 40.7 Å². The van der Waals surface area contributed by atoms with Gasteiger partial charge in [0.2, 0.25) is 0 Å². The molecule has 3 aromatic rings. The van der Waals surface area contributed by atoms with Gasteiger partial charge in [0.25, 0.3) is 5.91 Å². The maximum atomic E-state index is 13.6. The van der Waals surface area contributed by atoms with Crippen LogP contribution in [0.4, 0.5) is 9.52 Å². The van der Waals surface area contributed by atoms with Crippen LogP contribution >= 0.6 is 23.7 Å². The zero-order valence-corrected chi connectivity index (χ0v) is 19.0. The Kier molecular flexibility index (Phi) is 7.45. The molecule has 1 aliphatic rings. The Hall–Kier alpha value is -2.02. The van der Waals surface area contributed by atoms with E-state index in [0.29, 0.717) is 17.2 Å². The summed E-state index contributed by atoms with van der Waals surface area (Å²) in [5, 5.41) is 0.632. The van der Waals surface area contributed by atoms with Crippen molar-refractivity contribution in [2.45, 2.75) is 32.1 Å². The lowest BCUT2D eigenvalue weighted by molar-refractivity contribution is 0.0986. The van der Waals surface area contributed by atoms with Crippen molar-refractivity contribution in [2.75, 3.05) is 32.1 Å². The Labute approximate surface area is 187 Å². The fraction of sp³-hybridized carbons (Fsp3) is 0.391. The summed E-state index contributed by atoms with van der Waals surface area (Å²) < 4.78 is 14.4. The third-order valence-electron chi connectivity index (χ3n) is 5.40. The van der Waals surface area contributed by atoms with Gasteiger partial charge in [-0.2, -0.15) is 0 Å². The van der Waals surface area contributed by atoms with Crippen molar-refractivity contribution < 1.29 is 9.18 Å². The number of carbonyl (C=O) groups is 1. The molecule has 0 aliphatic heterocycles. The van der Waals surface area contributed by atoms with Crippen molar-refractivity contribution in [1.29, 1.82) is 0 Å². The molecule has 1 aliphatic carbocycles. The van der Waals surface area contributed by atoms with E-state index in [2.05, 4.69) is 22.0 Å². The van der Waals surface area contributed by atoms with Crippen LogP contribution in [0.25, 0.3) is 10.2 Å². The number of rotatable bonds is 6. The molecule has 0 atom stereocenters. The van der Waals surface area contributed by atoms with Gasteiger partial charge in [-0.3, -0.25) is 9.69 Å². The van der Waals surface area contributed by atoms with E-state index in [1.54, 1.807) is 11.0 Å². The van der Waals surface area contributed by atoms with Crippen molar-refractivity contribution in [1.82, 2.24) is 9.88 Å². The summed E-state index contributed by atoms with van der Waals surface area (Å²) >= 11 is 1.37. The number of halogens is 2. The summed E-state index contributed by atoms with van der Waals surface area (Å²) in [6.45, 7) is 1.46. The fourth-order valence-electron chi connectivity index (χ4n) is 3.85. The van der Waals surface area contributed by atoms with Gasteiger partial charge in [-0.25, -0.2) is 9.37 Å². The Bertz CT molecular complexity index is 1040. The molecule has 0 unspecified atom stereocenters. The number of thiazole rings is 1. The first kappa shape index (κ1) is 22.7. The van der Waals surface area contributed by atoms with Gasteiger partial charge in [0.1, 0.15) is 5.82 Å². The van der Waals surface area contributed by atoms with Crippen LogP contribution in [0, 0.1) is 5.82 Å². The fourth-order valence-corrected chi connectivity index (χ4v) is 4.87. The maximum Gasteiger partial charge on any atom is 0.260 e. The zero-order valence-electron chi connectivity index (χ0n) is 17.4. The quantitative estimate of drug-likeness (QED) is 0.512. The summed E-state index contributed by atoms with van der Waals surface area (Å²) in [6.07, 6.45) is 5.38. The predicted molar refractivity (Wildman–Crippen MR) is 125 cm³/mol. The molecule has 2 aromatic carbocycles. The Morgan fingerprint density at radius 2 is 1.83 bits per heavy atom. The van der Waals surface area contributed by atoms with Crippen molar-refractivity contribution in [3.05, 3.63) is 58.9 Å². The molecule has 1 heterocycles. The van der Waals surface area contributed by atoms with Crippen LogP contribution in [0.2, 0.25) is 0 Å². The molecule has 0 spiro atoms. The first-order chi connectivity index (χ1) is 14.0. The summed E-state index contributed by atoms with van der Waals surface area (Å²) in [7, 11) is 4.05. The number of hydrogen-bond donors (Lipinski definition) is 0. The average Bonchev–Trinajstić information content (AvgIpc) is 3.13. The first-order valence-electron chi connectivity index (χ1n) is 10.2. The van der Waals surface area contributed by atoms with Crippen molar-refractivity contribution in [3.8, 4) is 0 Å². The lowest BCUT2D eigenvalue weighted by Gasteiger charge is -2.22. The van der Waals surface area contributed by atoms with Gasteiger partial charge in [0, 0.05) is 12.1 Å². The molecular formula is C23H27ClFN3OS. The minimum absolute atomic E-state index is 0. The number of hydrogen-bond acceptors (Lipinski definition) is 4. The second kappa shape index (κ2) is 9.86. The highest BCUT2D eigenvalue weighted by Gasteiger charge is 2.22. The largest absolute Gasteiger partial charge is 0.309 e. The van der Waals surface area contributed by atoms with Crippen LogP contribution in [0.5, 0.6) is 0 Å². The summed E-state index contributed by atoms with van der Waals surface area (Å²) in [6, 6.07) is 10.7. The van der Waals surface area contributed by atoms with E-state index in [4.69, 9.17) is 0 Å². The average molecular weight is 448 g/mol. The lowest BCUT2D eigenvalue weighted by Crippen LogP contribution is -2.33. The van der Waals surface area contributed by atoms with Crippen LogP contribution < -0.4 is 4.90 Å². The molecule has 0 bridgehead atoms. The van der Waals surface area contributed by atoms with Gasteiger partial charge >= 0.3 is 0 Å². The molecule has 30 heavy (non-hydrogen) atoms. The monoisotopic (exact) mass is 447 g/mol. The third-order valence-corrected chi connectivity index (χ3v) is 6.44. The summed E-state index contributed by atoms with van der Waals surface area (Å²) in [4.78, 5) is 22.0. The van der Waals surface area contributed by atoms with Crippen molar-refractivity contribution >= 4 is 45.0 Å². The molecule has 7 heteroatoms. The highest BCUT2D eigenvalue weighted by molar-refractivity contribution is 7.22. The van der Waals surface area contributed by atoms with Crippen molar-refractivity contribution in [2.24, 2.45) is 0 Å². The van der Waals surface area contributed by atoms with Crippen LogP contribution in [0.15, 0.2) is 36.4 Å². The van der Waals surface area contributed by atoms with E-state index in [1.165, 1.54) is 47.4 Å². The molecular weight excluding hydrogens is 421 g/mol. The normalized spacial score (nSPS) is 13.2. The topological polar surface area (TPSA) is 36.4 Å². The van der Waals surface area contributed by atoms with Crippen LogP contribution in [0.3, 0.4) is 0 Å². The molecule has 0 radical (unpaired) electrons. The standard InChI is InChI=1S/C23H26FN3OS.ClH/c1-26(2)12-5-13-27(23-25-20-11-10-19(24)15-21(20)29-23)22(28)18-9-8-16-6-3-4-7-17(16)14-18;/h8-11,14-15H,3-7,12-13H2,1-2H3;1H. The van der Waals surface area contributed by atoms with Gasteiger partial charge in [-0.1, -0.05) is 17.4 Å². The number of aromatic nitrogens is 1. The predicted octanol–water partition coefficient (Wildman–Crippen LogP) is 5.33. The van der Waals surface area contributed by atoms with Gasteiger partial charge in [-0.05, 0) is 94.2 Å². The Balaban J connectivity index is 0.00000256. The number of fused-ring (bicyclic) bond motifs is 2. The molecule has 1 aromatic heterocycles. The number of nitrogens with zero attached hydrogens (tertiary/aromatic N) is 3. The van der Waals surface area contributed by atoms with Crippen LogP contribution in [-0.2, 0) is 12.8 Å². The Morgan fingerprint density at radius 1 is 1.07 bits per heavy atom. The zero-order chi connectivity index (χ0) is 20.4. The maximum absolute atomic E-state index is 13.6. The lowest BCUT2D eigenvalue weighted by atomic mass is 9.90. The van der Waals surface area contributed by atoms with E-state index in [9.17, 15) is 9.18 Å². The molecule has 0 saturated carbocycles. The van der Waals surface area contributed by atoms with Gasteiger partial charge < -0.3 is 4.90 Å². The number of anilines is 1. The molecule has 0 N–H and O–H groups in total. The second-order valence-corrected chi connectivity index (χ2v) is 8.92. The van der Waals surface area contributed by atoms with E-state index < -0.39 is 0 Å². The molecule has 4 nitrogen and oxygen atoms in total. The summed E-state index contributed by atoms with van der Waals surface area (Å²) in [5.41, 5.74) is 4.09. The minimum atomic E-state index is -0.284. The van der Waals surface area contributed by atoms with Gasteiger partial charge in [0.05, 0.1) is 10.2 Å². The van der Waals surface area contributed by atoms with Gasteiger partial charge in [-0.15, -0.1) is 12.4 Å². The van der Waals surface area contributed by atoms with Crippen molar-refractivity contribution in [3.63, 3.8) is 0 Å². The van der Waals surface area contributed by atoms with Gasteiger partial charge in [0.15, 0.2) is 5.13 Å². The molecule has 0 saturated heterocycles. The minimum Gasteiger partial charge on any atom is -0.309 e. The van der Waals surface area contributed by atoms with E-state index in [-0.39, 0.29) is 24.1 Å². The van der Waals surface area contributed by atoms with Crippen LogP contribution in [-0.4, -0.2) is 43.0 Å². The second-order valence-electron chi connectivity index (χ2n) is 7.91. The smallest absolute Gasteiger partial charge is 0.260 e. The van der Waals surface area contributed by atoms with E-state index in [1.807, 2.05) is 20.2 Å². The number of benzene rings is 2. The number of aryl methyl sites for hydroxylation is 2. The van der Waals surface area contributed by atoms with E-state index in [0.717, 1.165) is 36.0 Å². The SMILES string of the molecule is CN(C)CCCN(C(=O)c1ccc2c(c1)CCCC2)c1nc2ccc(F)cc2s1.Cl. The Morgan fingerprint density at radius 3 is 2.60 bits per heavy atom. The number of amides is 1. The molecule has 160 valence electrons. The molecule has 1 amide bonds. The first-order valence-corrected chi connectivity index (χ1v) is 11.0. The number of carbonyl (C=O) groups excluding carboxylic acids is 1. The molecule has 4 rings (SSSR count). The third kappa shape index (κ3) is 4.99. The highest BCUT2D eigenvalue weighted by Crippen LogP contribution is 2.31. The molecule has 0 fully saturated rings. The highest BCUT2D eigenvalue weighted by atomic mass is 35.5. The summed E-state index contributed by atoms with van der Waals surface area (Å²) in [5.74, 6) is -0.315. The van der Waals surface area contributed by atoms with E-state index >= 15 is 0 Å².